The lowest BCUT2D eigenvalue weighted by Crippen LogP contribution is -2.14. The van der Waals surface area contributed by atoms with Crippen molar-refractivity contribution in [1.82, 2.24) is 0 Å². The fourth-order valence-electron chi connectivity index (χ4n) is 2.24. The van der Waals surface area contributed by atoms with Gasteiger partial charge in [0.25, 0.3) is 0 Å². The minimum Gasteiger partial charge on any atom is -0.291 e. The lowest BCUT2D eigenvalue weighted by Gasteiger charge is -2.17. The molecule has 1 heteroatoms. The molecule has 0 saturated heterocycles. The molecule has 2 atom stereocenters. The highest BCUT2D eigenvalue weighted by Crippen LogP contribution is 2.31. The van der Waals surface area contributed by atoms with E-state index >= 15 is 0 Å². The summed E-state index contributed by atoms with van der Waals surface area (Å²) in [5.74, 6) is 0.892. The zero-order valence-corrected chi connectivity index (χ0v) is 6.64. The molecule has 1 aliphatic heterocycles. The molecule has 1 heterocycles. The van der Waals surface area contributed by atoms with Gasteiger partial charge in [-0.1, -0.05) is 6.42 Å². The average molecular weight is 137 g/mol. The molecule has 0 bridgehead atoms. The summed E-state index contributed by atoms with van der Waals surface area (Å²) in [5.41, 5.74) is 1.54. The molecule has 0 aromatic carbocycles. The van der Waals surface area contributed by atoms with Crippen LogP contribution in [0, 0.1) is 5.92 Å². The Labute approximate surface area is 62.5 Å². The first-order valence-corrected chi connectivity index (χ1v) is 4.43. The number of hydrogen-bond acceptors (Lipinski definition) is 1. The van der Waals surface area contributed by atoms with Crippen molar-refractivity contribution >= 4 is 5.71 Å². The van der Waals surface area contributed by atoms with Crippen molar-refractivity contribution < 1.29 is 0 Å². The Balaban J connectivity index is 2.10. The van der Waals surface area contributed by atoms with E-state index in [1.807, 2.05) is 0 Å². The van der Waals surface area contributed by atoms with E-state index in [1.165, 1.54) is 32.1 Å². The van der Waals surface area contributed by atoms with Gasteiger partial charge in [0, 0.05) is 11.8 Å². The van der Waals surface area contributed by atoms with E-state index in [1.54, 1.807) is 5.71 Å². The molecule has 2 rings (SSSR count). The Morgan fingerprint density at radius 1 is 1.40 bits per heavy atom. The molecule has 0 spiro atoms. The van der Waals surface area contributed by atoms with Crippen LogP contribution in [0.2, 0.25) is 0 Å². The molecule has 1 nitrogen and oxygen atoms in total. The van der Waals surface area contributed by atoms with Gasteiger partial charge in [0.15, 0.2) is 0 Å². The van der Waals surface area contributed by atoms with Gasteiger partial charge >= 0.3 is 0 Å². The van der Waals surface area contributed by atoms with Crippen molar-refractivity contribution in [1.29, 1.82) is 0 Å². The van der Waals surface area contributed by atoms with Gasteiger partial charge in [-0.3, -0.25) is 4.99 Å². The van der Waals surface area contributed by atoms with E-state index in [9.17, 15) is 0 Å². The van der Waals surface area contributed by atoms with Gasteiger partial charge in [-0.15, -0.1) is 0 Å². The van der Waals surface area contributed by atoms with E-state index in [0.717, 1.165) is 5.92 Å². The second-order valence-corrected chi connectivity index (χ2v) is 3.65. The average Bonchev–Trinajstić information content (AvgIpc) is 2.27. The standard InChI is InChI=1S/C9H15N/c1-7-6-8-4-2-3-5-9(8)10-7/h7-8H,2-6H2,1H3. The van der Waals surface area contributed by atoms with Crippen molar-refractivity contribution in [2.75, 3.05) is 0 Å². The Hall–Kier alpha value is -0.330. The van der Waals surface area contributed by atoms with E-state index in [4.69, 9.17) is 0 Å². The largest absolute Gasteiger partial charge is 0.291 e. The lowest BCUT2D eigenvalue weighted by molar-refractivity contribution is 0.505. The van der Waals surface area contributed by atoms with Gasteiger partial charge in [-0.25, -0.2) is 0 Å². The summed E-state index contributed by atoms with van der Waals surface area (Å²) in [6, 6.07) is 0.637. The Kier molecular flexibility index (Phi) is 1.51. The van der Waals surface area contributed by atoms with Crippen LogP contribution >= 0.6 is 0 Å². The highest BCUT2D eigenvalue weighted by atomic mass is 14.8. The van der Waals surface area contributed by atoms with Gasteiger partial charge in [0.1, 0.15) is 0 Å². The molecular formula is C9H15N. The van der Waals surface area contributed by atoms with Crippen molar-refractivity contribution in [2.24, 2.45) is 10.9 Å². The predicted octanol–water partition coefficient (Wildman–Crippen LogP) is 2.41. The molecule has 0 amide bonds. The highest BCUT2D eigenvalue weighted by molar-refractivity contribution is 5.89. The maximum Gasteiger partial charge on any atom is 0.0477 e. The molecule has 1 fully saturated rings. The molecule has 0 aromatic heterocycles. The second-order valence-electron chi connectivity index (χ2n) is 3.65. The SMILES string of the molecule is CC1CC2CCCCC2=N1. The zero-order chi connectivity index (χ0) is 6.97. The van der Waals surface area contributed by atoms with Gasteiger partial charge in [-0.05, 0) is 38.5 Å². The number of hydrogen-bond donors (Lipinski definition) is 0. The summed E-state index contributed by atoms with van der Waals surface area (Å²) in [5, 5.41) is 0. The van der Waals surface area contributed by atoms with E-state index in [-0.39, 0.29) is 0 Å². The fourth-order valence-corrected chi connectivity index (χ4v) is 2.24. The van der Waals surface area contributed by atoms with Crippen LogP contribution in [0.15, 0.2) is 4.99 Å². The topological polar surface area (TPSA) is 12.4 Å². The normalized spacial score (nSPS) is 39.1. The van der Waals surface area contributed by atoms with Crippen LogP contribution in [0.25, 0.3) is 0 Å². The number of rotatable bonds is 0. The van der Waals surface area contributed by atoms with Gasteiger partial charge in [-0.2, -0.15) is 0 Å². The fraction of sp³-hybridized carbons (Fsp3) is 0.889. The minimum absolute atomic E-state index is 0.637. The summed E-state index contributed by atoms with van der Waals surface area (Å²) in [4.78, 5) is 4.63. The predicted molar refractivity (Wildman–Crippen MR) is 43.5 cm³/mol. The van der Waals surface area contributed by atoms with Gasteiger partial charge < -0.3 is 0 Å². The molecular weight excluding hydrogens is 122 g/mol. The van der Waals surface area contributed by atoms with Gasteiger partial charge in [0.2, 0.25) is 0 Å². The minimum atomic E-state index is 0.637. The summed E-state index contributed by atoms with van der Waals surface area (Å²) in [6.07, 6.45) is 6.89. The monoisotopic (exact) mass is 137 g/mol. The number of fused-ring (bicyclic) bond motifs is 1. The molecule has 0 aromatic rings. The Morgan fingerprint density at radius 3 is 3.10 bits per heavy atom. The van der Waals surface area contributed by atoms with Crippen LogP contribution in [-0.2, 0) is 0 Å². The van der Waals surface area contributed by atoms with Crippen LogP contribution in [0.3, 0.4) is 0 Å². The second kappa shape index (κ2) is 2.37. The third-order valence-corrected chi connectivity index (χ3v) is 2.72. The zero-order valence-electron chi connectivity index (χ0n) is 6.64. The highest BCUT2D eigenvalue weighted by Gasteiger charge is 2.27. The molecule has 56 valence electrons. The van der Waals surface area contributed by atoms with E-state index < -0.39 is 0 Å². The van der Waals surface area contributed by atoms with Crippen molar-refractivity contribution in [3.05, 3.63) is 0 Å². The summed E-state index contributed by atoms with van der Waals surface area (Å²) < 4.78 is 0. The van der Waals surface area contributed by atoms with Crippen LogP contribution in [0.1, 0.15) is 39.0 Å². The first-order chi connectivity index (χ1) is 4.86. The first-order valence-electron chi connectivity index (χ1n) is 4.43. The molecule has 0 radical (unpaired) electrons. The number of aliphatic imine (C=N–C) groups is 1. The van der Waals surface area contributed by atoms with Crippen LogP contribution in [0.5, 0.6) is 0 Å². The van der Waals surface area contributed by atoms with Crippen molar-refractivity contribution in [3.63, 3.8) is 0 Å². The molecule has 10 heavy (non-hydrogen) atoms. The quantitative estimate of drug-likeness (QED) is 0.486. The van der Waals surface area contributed by atoms with Crippen LogP contribution in [-0.4, -0.2) is 11.8 Å². The molecule has 0 N–H and O–H groups in total. The third-order valence-electron chi connectivity index (χ3n) is 2.72. The summed E-state index contributed by atoms with van der Waals surface area (Å²) >= 11 is 0. The van der Waals surface area contributed by atoms with Crippen LogP contribution < -0.4 is 0 Å². The Morgan fingerprint density at radius 2 is 2.30 bits per heavy atom. The number of nitrogens with zero attached hydrogens (tertiary/aromatic N) is 1. The van der Waals surface area contributed by atoms with Crippen LogP contribution in [0.4, 0.5) is 0 Å². The smallest absolute Gasteiger partial charge is 0.0477 e. The van der Waals surface area contributed by atoms with Crippen molar-refractivity contribution in [2.45, 2.75) is 45.1 Å². The maximum absolute atomic E-state index is 4.63. The summed E-state index contributed by atoms with van der Waals surface area (Å²) in [7, 11) is 0. The van der Waals surface area contributed by atoms with Gasteiger partial charge in [0.05, 0.1) is 0 Å². The lowest BCUT2D eigenvalue weighted by atomic mass is 9.86. The van der Waals surface area contributed by atoms with Crippen molar-refractivity contribution in [3.8, 4) is 0 Å². The molecule has 1 saturated carbocycles. The molecule has 1 aliphatic carbocycles. The van der Waals surface area contributed by atoms with E-state index in [2.05, 4.69) is 11.9 Å². The molecule has 2 aliphatic rings. The van der Waals surface area contributed by atoms with E-state index in [0.29, 0.717) is 6.04 Å². The molecule has 2 unspecified atom stereocenters. The first kappa shape index (κ1) is 6.38. The maximum atomic E-state index is 4.63. The summed E-state index contributed by atoms with van der Waals surface area (Å²) in [6.45, 7) is 2.24. The third kappa shape index (κ3) is 0.979. The Bertz CT molecular complexity index is 160.